The molecule has 5 heteroatoms. The second-order valence-electron chi connectivity index (χ2n) is 7.59. The molecule has 0 unspecified atom stereocenters. The van der Waals surface area contributed by atoms with Crippen molar-refractivity contribution in [3.63, 3.8) is 0 Å². The molecule has 3 heterocycles. The Labute approximate surface area is 158 Å². The number of amides is 1. The lowest BCUT2D eigenvalue weighted by atomic mass is 9.89. The van der Waals surface area contributed by atoms with E-state index in [-0.39, 0.29) is 5.91 Å². The van der Waals surface area contributed by atoms with Gasteiger partial charge in [0.05, 0.1) is 17.4 Å². The number of rotatable bonds is 3. The number of H-pyrrole nitrogens is 1. The highest BCUT2D eigenvalue weighted by Gasteiger charge is 2.31. The Balaban J connectivity index is 1.39. The summed E-state index contributed by atoms with van der Waals surface area (Å²) in [6.07, 6.45) is 3.32. The first-order valence-electron chi connectivity index (χ1n) is 9.34. The van der Waals surface area contributed by atoms with Crippen LogP contribution in [0.4, 0.5) is 5.69 Å². The summed E-state index contributed by atoms with van der Waals surface area (Å²) < 4.78 is 0. The Bertz CT molecular complexity index is 1060. The summed E-state index contributed by atoms with van der Waals surface area (Å²) in [6.45, 7) is 9.15. The first kappa shape index (κ1) is 16.1. The number of hydrogen-bond donors (Lipinski definition) is 1. The molecule has 1 aromatic heterocycles. The van der Waals surface area contributed by atoms with E-state index >= 15 is 0 Å². The first-order valence-corrected chi connectivity index (χ1v) is 9.34. The van der Waals surface area contributed by atoms with E-state index in [0.29, 0.717) is 5.92 Å². The van der Waals surface area contributed by atoms with Crippen molar-refractivity contribution in [2.24, 2.45) is 0 Å². The van der Waals surface area contributed by atoms with Crippen LogP contribution < -0.4 is 4.90 Å². The predicted molar refractivity (Wildman–Crippen MR) is 107 cm³/mol. The lowest BCUT2D eigenvalue weighted by molar-refractivity contribution is -0.130. The fraction of sp³-hybridized carbons (Fsp3) is 0.273. The number of nitrogens with one attached hydrogen (secondary N) is 1. The van der Waals surface area contributed by atoms with E-state index in [0.717, 1.165) is 31.7 Å². The smallest absolute Gasteiger partial charge is 0.245 e. The van der Waals surface area contributed by atoms with E-state index < -0.39 is 0 Å². The molecule has 27 heavy (non-hydrogen) atoms. The summed E-state index contributed by atoms with van der Waals surface area (Å²) in [7, 11) is 0. The van der Waals surface area contributed by atoms with Crippen molar-refractivity contribution in [2.45, 2.75) is 25.9 Å². The molecular formula is C22H22N4O. The van der Waals surface area contributed by atoms with Crippen molar-refractivity contribution < 1.29 is 4.79 Å². The third-order valence-electron chi connectivity index (χ3n) is 5.91. The van der Waals surface area contributed by atoms with Gasteiger partial charge in [0.1, 0.15) is 0 Å². The summed E-state index contributed by atoms with van der Waals surface area (Å²) in [5.74, 6) is 0.467. The minimum absolute atomic E-state index is 0.0299. The van der Waals surface area contributed by atoms with Crippen LogP contribution in [0, 0.1) is 6.92 Å². The zero-order chi connectivity index (χ0) is 18.5. The first-order chi connectivity index (χ1) is 13.1. The van der Waals surface area contributed by atoms with E-state index in [4.69, 9.17) is 0 Å². The average molecular weight is 358 g/mol. The lowest BCUT2D eigenvalue weighted by Crippen LogP contribution is -2.47. The van der Waals surface area contributed by atoms with Crippen LogP contribution in [-0.2, 0) is 17.9 Å². The van der Waals surface area contributed by atoms with Gasteiger partial charge in [0.15, 0.2) is 0 Å². The quantitative estimate of drug-likeness (QED) is 0.729. The second kappa shape index (κ2) is 5.98. The number of carbonyl (C=O) groups is 1. The fourth-order valence-corrected chi connectivity index (χ4v) is 4.36. The topological polar surface area (TPSA) is 52.2 Å². The number of nitrogens with zero attached hydrogens (tertiary/aromatic N) is 3. The summed E-state index contributed by atoms with van der Waals surface area (Å²) in [4.78, 5) is 16.0. The van der Waals surface area contributed by atoms with Gasteiger partial charge in [0.2, 0.25) is 5.91 Å². The number of fused-ring (bicyclic) bond motifs is 2. The number of anilines is 1. The number of benzene rings is 2. The Kier molecular flexibility index (Phi) is 3.57. The molecule has 0 atom stereocenters. The van der Waals surface area contributed by atoms with Gasteiger partial charge >= 0.3 is 0 Å². The molecule has 1 amide bonds. The van der Waals surface area contributed by atoms with E-state index in [2.05, 4.69) is 58.9 Å². The third kappa shape index (κ3) is 2.53. The van der Waals surface area contributed by atoms with Gasteiger partial charge in [-0.3, -0.25) is 9.89 Å². The van der Waals surface area contributed by atoms with Gasteiger partial charge in [-0.05, 0) is 41.3 Å². The molecule has 0 saturated carbocycles. The standard InChI is InChI=1S/C22H22N4O/c1-3-21(27)25-12-18(13-25)15-5-6-16-10-26(11-17(16)8-15)22-14(2)4-7-20-19(22)9-23-24-20/h3-9,18H,1,10-13H2,2H3,(H,23,24). The molecule has 2 aromatic carbocycles. The second-order valence-corrected chi connectivity index (χ2v) is 7.59. The van der Waals surface area contributed by atoms with Crippen LogP contribution in [0.5, 0.6) is 0 Å². The normalized spacial score (nSPS) is 16.5. The van der Waals surface area contributed by atoms with E-state index in [1.54, 1.807) is 0 Å². The molecule has 2 aliphatic heterocycles. The monoisotopic (exact) mass is 358 g/mol. The Morgan fingerprint density at radius 3 is 2.85 bits per heavy atom. The summed E-state index contributed by atoms with van der Waals surface area (Å²) in [6, 6.07) is 11.1. The van der Waals surface area contributed by atoms with Gasteiger partial charge in [0.25, 0.3) is 0 Å². The molecule has 0 radical (unpaired) electrons. The van der Waals surface area contributed by atoms with Crippen molar-refractivity contribution in [3.8, 4) is 0 Å². The summed E-state index contributed by atoms with van der Waals surface area (Å²) >= 11 is 0. The lowest BCUT2D eigenvalue weighted by Gasteiger charge is -2.39. The fourth-order valence-electron chi connectivity index (χ4n) is 4.36. The van der Waals surface area contributed by atoms with Gasteiger partial charge in [0, 0.05) is 37.5 Å². The third-order valence-corrected chi connectivity index (χ3v) is 5.91. The van der Waals surface area contributed by atoms with Crippen molar-refractivity contribution >= 4 is 22.5 Å². The number of carbonyl (C=O) groups excluding carboxylic acids is 1. The maximum atomic E-state index is 11.7. The predicted octanol–water partition coefficient (Wildman–Crippen LogP) is 3.50. The van der Waals surface area contributed by atoms with Crippen LogP contribution in [0.25, 0.3) is 10.9 Å². The number of aryl methyl sites for hydroxylation is 1. The molecule has 0 spiro atoms. The molecule has 5 rings (SSSR count). The molecule has 0 bridgehead atoms. The van der Waals surface area contributed by atoms with Gasteiger partial charge in [-0.2, -0.15) is 5.10 Å². The molecule has 2 aliphatic rings. The minimum Gasteiger partial charge on any atom is -0.362 e. The minimum atomic E-state index is 0.0299. The zero-order valence-electron chi connectivity index (χ0n) is 15.4. The van der Waals surface area contributed by atoms with E-state index in [9.17, 15) is 4.79 Å². The van der Waals surface area contributed by atoms with Crippen LogP contribution in [0.1, 0.15) is 28.2 Å². The van der Waals surface area contributed by atoms with Crippen molar-refractivity contribution in [1.29, 1.82) is 0 Å². The molecular weight excluding hydrogens is 336 g/mol. The largest absolute Gasteiger partial charge is 0.362 e. The molecule has 1 saturated heterocycles. The molecule has 1 N–H and O–H groups in total. The maximum Gasteiger partial charge on any atom is 0.245 e. The van der Waals surface area contributed by atoms with Gasteiger partial charge < -0.3 is 9.80 Å². The summed E-state index contributed by atoms with van der Waals surface area (Å²) in [5.41, 5.74) is 7.73. The highest BCUT2D eigenvalue weighted by molar-refractivity contribution is 5.93. The van der Waals surface area contributed by atoms with Gasteiger partial charge in [-0.15, -0.1) is 0 Å². The Morgan fingerprint density at radius 1 is 1.22 bits per heavy atom. The van der Waals surface area contributed by atoms with Crippen molar-refractivity contribution in [3.05, 3.63) is 71.4 Å². The zero-order valence-corrected chi connectivity index (χ0v) is 15.4. The molecule has 3 aromatic rings. The van der Waals surface area contributed by atoms with E-state index in [1.165, 1.54) is 39.4 Å². The maximum absolute atomic E-state index is 11.7. The number of aromatic amines is 1. The van der Waals surface area contributed by atoms with Crippen molar-refractivity contribution in [1.82, 2.24) is 15.1 Å². The molecule has 136 valence electrons. The highest BCUT2D eigenvalue weighted by atomic mass is 16.2. The van der Waals surface area contributed by atoms with E-state index in [1.807, 2.05) is 11.1 Å². The van der Waals surface area contributed by atoms with Crippen LogP contribution in [-0.4, -0.2) is 34.1 Å². The highest BCUT2D eigenvalue weighted by Crippen LogP contribution is 2.37. The molecule has 1 fully saturated rings. The number of hydrogen-bond acceptors (Lipinski definition) is 3. The number of aromatic nitrogens is 2. The Morgan fingerprint density at radius 2 is 2.04 bits per heavy atom. The summed E-state index contributed by atoms with van der Waals surface area (Å²) in [5, 5.41) is 8.47. The molecule has 0 aliphatic carbocycles. The average Bonchev–Trinajstić information content (AvgIpc) is 3.26. The van der Waals surface area contributed by atoms with Crippen LogP contribution in [0.2, 0.25) is 0 Å². The van der Waals surface area contributed by atoms with Crippen LogP contribution in [0.3, 0.4) is 0 Å². The SMILES string of the molecule is C=CC(=O)N1CC(c2ccc3c(c2)CN(c2c(C)ccc4[nH]ncc24)C3)C1. The van der Waals surface area contributed by atoms with Crippen LogP contribution in [0.15, 0.2) is 49.2 Å². The Hall–Kier alpha value is -3.08. The van der Waals surface area contributed by atoms with Gasteiger partial charge in [-0.1, -0.05) is 30.8 Å². The van der Waals surface area contributed by atoms with Gasteiger partial charge in [-0.25, -0.2) is 0 Å². The van der Waals surface area contributed by atoms with Crippen LogP contribution >= 0.6 is 0 Å². The number of likely N-dealkylation sites (tertiary alicyclic amines) is 1. The van der Waals surface area contributed by atoms with Crippen molar-refractivity contribution in [2.75, 3.05) is 18.0 Å². The molecule has 5 nitrogen and oxygen atoms in total.